The van der Waals surface area contributed by atoms with Crippen LogP contribution in [0.4, 0.5) is 4.39 Å². The van der Waals surface area contributed by atoms with E-state index in [0.29, 0.717) is 43.2 Å². The molecule has 0 radical (unpaired) electrons. The Morgan fingerprint density at radius 1 is 1.03 bits per heavy atom. The molecule has 3 fully saturated rings. The van der Waals surface area contributed by atoms with Crippen molar-refractivity contribution in [2.45, 2.75) is 76.5 Å². The summed E-state index contributed by atoms with van der Waals surface area (Å²) in [6.07, 6.45) is 5.74. The van der Waals surface area contributed by atoms with Gasteiger partial charge in [0.15, 0.2) is 5.82 Å². The maximum absolute atomic E-state index is 14.4. The van der Waals surface area contributed by atoms with E-state index in [-0.39, 0.29) is 29.6 Å². The van der Waals surface area contributed by atoms with Crippen LogP contribution in [0.15, 0.2) is 48.5 Å². The average Bonchev–Trinajstić information content (AvgIpc) is 3.37. The Kier molecular flexibility index (Phi) is 7.14. The number of benzene rings is 2. The van der Waals surface area contributed by atoms with Crippen molar-refractivity contribution in [1.82, 2.24) is 24.7 Å². The number of rotatable bonds is 8. The highest BCUT2D eigenvalue weighted by atomic mass is 19.1. The van der Waals surface area contributed by atoms with E-state index in [9.17, 15) is 14.0 Å². The van der Waals surface area contributed by atoms with Crippen LogP contribution >= 0.6 is 0 Å². The predicted octanol–water partition coefficient (Wildman–Crippen LogP) is 4.77. The molecule has 2 bridgehead atoms. The third-order valence-corrected chi connectivity index (χ3v) is 9.17. The number of carbonyl (C=O) groups excluding carboxylic acids is 2. The van der Waals surface area contributed by atoms with Gasteiger partial charge in [0, 0.05) is 44.2 Å². The second kappa shape index (κ2) is 10.7. The van der Waals surface area contributed by atoms with E-state index in [0.717, 1.165) is 42.7 Å². The minimum absolute atomic E-state index is 0.0420. The molecule has 2 amide bonds. The van der Waals surface area contributed by atoms with Crippen LogP contribution in [0.2, 0.25) is 0 Å². The normalized spacial score (nSPS) is 24.1. The van der Waals surface area contributed by atoms with E-state index in [1.807, 2.05) is 38.1 Å². The van der Waals surface area contributed by atoms with Gasteiger partial charge in [-0.2, -0.15) is 0 Å². The molecule has 206 valence electrons. The van der Waals surface area contributed by atoms with Gasteiger partial charge in [0.1, 0.15) is 11.3 Å². The smallest absolute Gasteiger partial charge is 0.227 e. The highest BCUT2D eigenvalue weighted by Crippen LogP contribution is 2.43. The first-order valence-corrected chi connectivity index (χ1v) is 14.4. The van der Waals surface area contributed by atoms with Crippen molar-refractivity contribution < 1.29 is 14.0 Å². The fourth-order valence-corrected chi connectivity index (χ4v) is 7.13. The number of likely N-dealkylation sites (tertiary alicyclic amines) is 1. The molecular weight excluding hydrogens is 493 g/mol. The SMILES string of the molecule is CCC(=O)N1CC(C(=O)N[C@@H](CCN2[C@@H]3CC[C@H]2C[C@H](n2c(C)nc4c(F)cccc42)C3)c2ccccc2)C1. The van der Waals surface area contributed by atoms with Crippen LogP contribution in [0, 0.1) is 18.7 Å². The summed E-state index contributed by atoms with van der Waals surface area (Å²) in [7, 11) is 0. The topological polar surface area (TPSA) is 70.5 Å². The summed E-state index contributed by atoms with van der Waals surface area (Å²) in [5, 5.41) is 3.31. The molecule has 4 heterocycles. The summed E-state index contributed by atoms with van der Waals surface area (Å²) in [6.45, 7) is 5.80. The van der Waals surface area contributed by atoms with E-state index in [2.05, 4.69) is 31.9 Å². The number of amides is 2. The zero-order chi connectivity index (χ0) is 27.1. The van der Waals surface area contributed by atoms with Crippen LogP contribution in [0.5, 0.6) is 0 Å². The molecular formula is C31H38FN5O2. The quantitative estimate of drug-likeness (QED) is 0.455. The standard InChI is InChI=1S/C31H38FN5O2/c1-3-29(38)35-18-22(19-35)31(39)34-27(21-8-5-4-6-9-21)14-15-36-23-12-13-24(36)17-25(16-23)37-20(2)33-30-26(32)10-7-11-28(30)37/h4-11,22-25,27H,3,12-19H2,1-2H3,(H,34,39)/t23-,24+,25-,27-/m0/s1. The second-order valence-corrected chi connectivity index (χ2v) is 11.5. The Bertz CT molecular complexity index is 1340. The Morgan fingerprint density at radius 3 is 2.44 bits per heavy atom. The van der Waals surface area contributed by atoms with Gasteiger partial charge in [0.25, 0.3) is 0 Å². The number of nitrogens with one attached hydrogen (secondary N) is 1. The number of halogens is 1. The highest BCUT2D eigenvalue weighted by molar-refractivity contribution is 5.84. The summed E-state index contributed by atoms with van der Waals surface area (Å²) in [4.78, 5) is 34.0. The van der Waals surface area contributed by atoms with Gasteiger partial charge in [0.2, 0.25) is 11.8 Å². The molecule has 1 N–H and O–H groups in total. The molecule has 8 heteroatoms. The zero-order valence-corrected chi connectivity index (χ0v) is 22.9. The predicted molar refractivity (Wildman–Crippen MR) is 149 cm³/mol. The lowest BCUT2D eigenvalue weighted by atomic mass is 9.94. The van der Waals surface area contributed by atoms with Gasteiger partial charge in [-0.1, -0.05) is 43.3 Å². The zero-order valence-electron chi connectivity index (χ0n) is 22.9. The Morgan fingerprint density at radius 2 is 1.74 bits per heavy atom. The number of aromatic nitrogens is 2. The number of nitrogens with zero attached hydrogens (tertiary/aromatic N) is 4. The van der Waals surface area contributed by atoms with E-state index < -0.39 is 0 Å². The number of piperidine rings is 1. The van der Waals surface area contributed by atoms with Crippen LogP contribution in [0.25, 0.3) is 11.0 Å². The second-order valence-electron chi connectivity index (χ2n) is 11.5. The van der Waals surface area contributed by atoms with Gasteiger partial charge < -0.3 is 14.8 Å². The molecule has 4 atom stereocenters. The monoisotopic (exact) mass is 531 g/mol. The molecule has 0 aliphatic carbocycles. The van der Waals surface area contributed by atoms with Gasteiger partial charge >= 0.3 is 0 Å². The number of fused-ring (bicyclic) bond motifs is 3. The summed E-state index contributed by atoms with van der Waals surface area (Å²) < 4.78 is 16.7. The third-order valence-electron chi connectivity index (χ3n) is 9.17. The van der Waals surface area contributed by atoms with Crippen molar-refractivity contribution >= 4 is 22.8 Å². The summed E-state index contributed by atoms with van der Waals surface area (Å²) in [5.41, 5.74) is 2.49. The minimum Gasteiger partial charge on any atom is -0.349 e. The number of hydrogen-bond donors (Lipinski definition) is 1. The molecule has 3 saturated heterocycles. The Balaban J connectivity index is 1.12. The number of imidazole rings is 1. The van der Waals surface area contributed by atoms with Crippen molar-refractivity contribution in [2.75, 3.05) is 19.6 Å². The lowest BCUT2D eigenvalue weighted by Crippen LogP contribution is -2.56. The van der Waals surface area contributed by atoms with Crippen molar-refractivity contribution in [1.29, 1.82) is 0 Å². The van der Waals surface area contributed by atoms with Crippen LogP contribution in [0.3, 0.4) is 0 Å². The average molecular weight is 532 g/mol. The summed E-state index contributed by atoms with van der Waals surface area (Å²) in [6, 6.07) is 16.7. The molecule has 1 aromatic heterocycles. The van der Waals surface area contributed by atoms with Crippen molar-refractivity contribution in [3.05, 3.63) is 65.7 Å². The molecule has 6 rings (SSSR count). The number of para-hydroxylation sites is 1. The first kappa shape index (κ1) is 26.0. The van der Waals surface area contributed by atoms with Crippen LogP contribution in [0.1, 0.15) is 68.9 Å². The van der Waals surface area contributed by atoms with Crippen LogP contribution < -0.4 is 5.32 Å². The van der Waals surface area contributed by atoms with Crippen LogP contribution in [-0.2, 0) is 9.59 Å². The van der Waals surface area contributed by atoms with E-state index in [4.69, 9.17) is 0 Å². The Labute approximate surface area is 229 Å². The molecule has 2 aromatic carbocycles. The van der Waals surface area contributed by atoms with Crippen molar-refractivity contribution in [2.24, 2.45) is 5.92 Å². The van der Waals surface area contributed by atoms with Crippen molar-refractivity contribution in [3.8, 4) is 0 Å². The van der Waals surface area contributed by atoms with Gasteiger partial charge in [-0.05, 0) is 56.7 Å². The maximum Gasteiger partial charge on any atom is 0.227 e. The highest BCUT2D eigenvalue weighted by Gasteiger charge is 2.42. The summed E-state index contributed by atoms with van der Waals surface area (Å²) in [5.74, 6) is 0.656. The van der Waals surface area contributed by atoms with Gasteiger partial charge in [0.05, 0.1) is 17.5 Å². The lowest BCUT2D eigenvalue weighted by Gasteiger charge is -2.41. The third kappa shape index (κ3) is 4.95. The van der Waals surface area contributed by atoms with Gasteiger partial charge in [-0.15, -0.1) is 0 Å². The molecule has 7 nitrogen and oxygen atoms in total. The molecule has 3 aliphatic rings. The minimum atomic E-state index is -0.254. The number of aryl methyl sites for hydroxylation is 1. The lowest BCUT2D eigenvalue weighted by molar-refractivity contribution is -0.143. The molecule has 0 unspecified atom stereocenters. The summed E-state index contributed by atoms with van der Waals surface area (Å²) >= 11 is 0. The fraction of sp³-hybridized carbons (Fsp3) is 0.516. The van der Waals surface area contributed by atoms with E-state index in [1.165, 1.54) is 18.9 Å². The first-order valence-electron chi connectivity index (χ1n) is 14.4. The van der Waals surface area contributed by atoms with E-state index >= 15 is 0 Å². The largest absolute Gasteiger partial charge is 0.349 e. The van der Waals surface area contributed by atoms with E-state index in [1.54, 1.807) is 11.0 Å². The molecule has 0 spiro atoms. The fourth-order valence-electron chi connectivity index (χ4n) is 7.13. The number of carbonyl (C=O) groups is 2. The maximum atomic E-state index is 14.4. The molecule has 3 aromatic rings. The van der Waals surface area contributed by atoms with Crippen molar-refractivity contribution in [3.63, 3.8) is 0 Å². The van der Waals surface area contributed by atoms with Gasteiger partial charge in [-0.25, -0.2) is 9.37 Å². The molecule has 3 aliphatic heterocycles. The Hall–Kier alpha value is -3.26. The number of hydrogen-bond acceptors (Lipinski definition) is 4. The molecule has 39 heavy (non-hydrogen) atoms. The van der Waals surface area contributed by atoms with Crippen LogP contribution in [-0.4, -0.2) is 62.9 Å². The van der Waals surface area contributed by atoms with Gasteiger partial charge in [-0.3, -0.25) is 14.5 Å². The first-order chi connectivity index (χ1) is 18.9. The molecule has 0 saturated carbocycles.